The first-order chi connectivity index (χ1) is 8.20. The third-order valence-corrected chi connectivity index (χ3v) is 3.22. The van der Waals surface area contributed by atoms with Crippen molar-refractivity contribution in [2.75, 3.05) is 5.75 Å². The van der Waals surface area contributed by atoms with Gasteiger partial charge in [-0.2, -0.15) is 13.2 Å². The van der Waals surface area contributed by atoms with E-state index in [-0.39, 0.29) is 23.7 Å². The normalized spacial score (nSPS) is 17.3. The van der Waals surface area contributed by atoms with Crippen molar-refractivity contribution in [2.45, 2.75) is 50.9 Å². The highest BCUT2D eigenvalue weighted by molar-refractivity contribution is 8.13. The fourth-order valence-electron chi connectivity index (χ4n) is 1.09. The summed E-state index contributed by atoms with van der Waals surface area (Å²) in [6.45, 7) is 1.63. The summed E-state index contributed by atoms with van der Waals surface area (Å²) in [4.78, 5) is 10.8. The van der Waals surface area contributed by atoms with Crippen LogP contribution in [0.1, 0.15) is 26.2 Å². The summed E-state index contributed by atoms with van der Waals surface area (Å²) in [5, 5.41) is -0.138. The first-order valence-corrected chi connectivity index (χ1v) is 6.33. The second kappa shape index (κ2) is 7.91. The second-order valence-electron chi connectivity index (χ2n) is 3.62. The Kier molecular flexibility index (Phi) is 7.73. The minimum Gasteiger partial charge on any atom is -0.287 e. The third kappa shape index (κ3) is 6.51. The van der Waals surface area contributed by atoms with E-state index in [0.29, 0.717) is 0 Å². The van der Waals surface area contributed by atoms with Crippen molar-refractivity contribution in [1.29, 1.82) is 0 Å². The zero-order chi connectivity index (χ0) is 14.3. The number of halogens is 6. The van der Waals surface area contributed by atoms with Gasteiger partial charge in [-0.25, -0.2) is 13.2 Å². The van der Waals surface area contributed by atoms with E-state index < -0.39 is 31.1 Å². The SMILES string of the molecule is CCC(=O)SCCCC(F)C(F)C(F)C(F)(F)F. The van der Waals surface area contributed by atoms with Crippen molar-refractivity contribution in [2.24, 2.45) is 0 Å². The fraction of sp³-hybridized carbons (Fsp3) is 0.900. The van der Waals surface area contributed by atoms with Crippen molar-refractivity contribution in [3.05, 3.63) is 0 Å². The molecule has 0 aliphatic heterocycles. The predicted molar refractivity (Wildman–Crippen MR) is 57.7 cm³/mol. The number of carbonyl (C=O) groups is 1. The lowest BCUT2D eigenvalue weighted by Gasteiger charge is -2.19. The summed E-state index contributed by atoms with van der Waals surface area (Å²) in [7, 11) is 0. The molecular weight excluding hydrogens is 282 g/mol. The van der Waals surface area contributed by atoms with Crippen LogP contribution in [0, 0.1) is 0 Å². The van der Waals surface area contributed by atoms with Gasteiger partial charge in [-0.1, -0.05) is 18.7 Å². The van der Waals surface area contributed by atoms with Crippen LogP contribution in [-0.4, -0.2) is 35.6 Å². The van der Waals surface area contributed by atoms with Gasteiger partial charge in [0, 0.05) is 12.2 Å². The number of thioether (sulfide) groups is 1. The van der Waals surface area contributed by atoms with E-state index in [2.05, 4.69) is 0 Å². The molecule has 0 saturated heterocycles. The number of hydrogen-bond acceptors (Lipinski definition) is 2. The average Bonchev–Trinajstić information content (AvgIpc) is 2.30. The molecule has 0 bridgehead atoms. The first kappa shape index (κ1) is 17.6. The van der Waals surface area contributed by atoms with Crippen LogP contribution >= 0.6 is 11.8 Å². The van der Waals surface area contributed by atoms with Gasteiger partial charge < -0.3 is 0 Å². The Morgan fingerprint density at radius 1 is 1.22 bits per heavy atom. The van der Waals surface area contributed by atoms with Gasteiger partial charge in [0.15, 0.2) is 11.3 Å². The van der Waals surface area contributed by atoms with Crippen LogP contribution in [-0.2, 0) is 4.79 Å². The van der Waals surface area contributed by atoms with E-state index in [0.717, 1.165) is 11.8 Å². The Balaban J connectivity index is 3.95. The van der Waals surface area contributed by atoms with Crippen LogP contribution in [0.3, 0.4) is 0 Å². The second-order valence-corrected chi connectivity index (χ2v) is 4.77. The standard InChI is InChI=1S/C10H14F6OS/c1-2-7(17)18-5-3-4-6(11)8(12)9(13)10(14,15)16/h6,8-9H,2-5H2,1H3. The molecule has 0 radical (unpaired) electrons. The van der Waals surface area contributed by atoms with E-state index in [1.807, 2.05) is 0 Å². The van der Waals surface area contributed by atoms with E-state index in [9.17, 15) is 31.1 Å². The molecular formula is C10H14F6OS. The minimum absolute atomic E-state index is 0.0164. The smallest absolute Gasteiger partial charge is 0.287 e. The minimum atomic E-state index is -5.39. The molecule has 1 nitrogen and oxygen atoms in total. The maximum absolute atomic E-state index is 13.0. The zero-order valence-electron chi connectivity index (χ0n) is 9.64. The van der Waals surface area contributed by atoms with E-state index in [4.69, 9.17) is 0 Å². The average molecular weight is 296 g/mol. The van der Waals surface area contributed by atoms with E-state index in [1.165, 1.54) is 0 Å². The number of carbonyl (C=O) groups excluding carboxylic acids is 1. The molecule has 0 saturated carbocycles. The summed E-state index contributed by atoms with van der Waals surface area (Å²) in [6, 6.07) is 0. The van der Waals surface area contributed by atoms with Crippen LogP contribution in [0.25, 0.3) is 0 Å². The zero-order valence-corrected chi connectivity index (χ0v) is 10.5. The van der Waals surface area contributed by atoms with Crippen LogP contribution in [0.2, 0.25) is 0 Å². The molecule has 0 aromatic rings. The number of alkyl halides is 6. The van der Waals surface area contributed by atoms with Crippen LogP contribution in [0.5, 0.6) is 0 Å². The molecule has 0 aromatic heterocycles. The van der Waals surface area contributed by atoms with Gasteiger partial charge in [-0.3, -0.25) is 4.79 Å². The van der Waals surface area contributed by atoms with Gasteiger partial charge in [0.05, 0.1) is 0 Å². The highest BCUT2D eigenvalue weighted by atomic mass is 32.2. The molecule has 108 valence electrons. The van der Waals surface area contributed by atoms with E-state index >= 15 is 0 Å². The van der Waals surface area contributed by atoms with Gasteiger partial charge in [0.1, 0.15) is 6.17 Å². The van der Waals surface area contributed by atoms with Gasteiger partial charge in [0.2, 0.25) is 6.17 Å². The lowest BCUT2D eigenvalue weighted by molar-refractivity contribution is -0.202. The molecule has 8 heteroatoms. The molecule has 0 spiro atoms. The first-order valence-electron chi connectivity index (χ1n) is 5.34. The maximum atomic E-state index is 13.0. The van der Waals surface area contributed by atoms with Gasteiger partial charge in [-0.05, 0) is 12.8 Å². The molecule has 0 N–H and O–H groups in total. The Morgan fingerprint density at radius 3 is 2.22 bits per heavy atom. The van der Waals surface area contributed by atoms with Gasteiger partial charge in [0.25, 0.3) is 0 Å². The maximum Gasteiger partial charge on any atom is 0.422 e. The third-order valence-electron chi connectivity index (χ3n) is 2.11. The summed E-state index contributed by atoms with van der Waals surface area (Å²) < 4.78 is 73.5. The van der Waals surface area contributed by atoms with Crippen molar-refractivity contribution < 1.29 is 31.1 Å². The Morgan fingerprint density at radius 2 is 1.78 bits per heavy atom. The molecule has 0 aliphatic rings. The lowest BCUT2D eigenvalue weighted by atomic mass is 10.1. The van der Waals surface area contributed by atoms with Gasteiger partial charge >= 0.3 is 6.18 Å². The molecule has 0 aromatic carbocycles. The van der Waals surface area contributed by atoms with Crippen molar-refractivity contribution in [1.82, 2.24) is 0 Å². The fourth-order valence-corrected chi connectivity index (χ4v) is 1.83. The molecule has 0 heterocycles. The molecule has 0 aliphatic carbocycles. The summed E-state index contributed by atoms with van der Waals surface area (Å²) >= 11 is 0.900. The van der Waals surface area contributed by atoms with Crippen LogP contribution < -0.4 is 0 Å². The van der Waals surface area contributed by atoms with Gasteiger partial charge in [-0.15, -0.1) is 0 Å². The Bertz CT molecular complexity index is 257. The Labute approximate surface area is 105 Å². The summed E-state index contributed by atoms with van der Waals surface area (Å²) in [5.74, 6) is 0.183. The molecule has 0 amide bonds. The monoisotopic (exact) mass is 296 g/mol. The predicted octanol–water partition coefficient (Wildman–Crippen LogP) is 4.01. The number of rotatable bonds is 7. The number of hydrogen-bond donors (Lipinski definition) is 0. The van der Waals surface area contributed by atoms with Crippen molar-refractivity contribution in [3.8, 4) is 0 Å². The molecule has 3 unspecified atom stereocenters. The summed E-state index contributed by atoms with van der Waals surface area (Å²) in [5.41, 5.74) is 0. The molecule has 0 fully saturated rings. The Hall–Kier alpha value is -0.400. The topological polar surface area (TPSA) is 17.1 Å². The highest BCUT2D eigenvalue weighted by Gasteiger charge is 2.48. The van der Waals surface area contributed by atoms with E-state index in [1.54, 1.807) is 6.92 Å². The summed E-state index contributed by atoms with van der Waals surface area (Å²) in [6.07, 6.45) is -15.2. The molecule has 0 rings (SSSR count). The van der Waals surface area contributed by atoms with Crippen LogP contribution in [0.15, 0.2) is 0 Å². The molecule has 3 atom stereocenters. The van der Waals surface area contributed by atoms with Crippen molar-refractivity contribution in [3.63, 3.8) is 0 Å². The largest absolute Gasteiger partial charge is 0.422 e. The lowest BCUT2D eigenvalue weighted by Crippen LogP contribution is -2.39. The molecule has 18 heavy (non-hydrogen) atoms. The quantitative estimate of drug-likeness (QED) is 0.521. The van der Waals surface area contributed by atoms with Crippen molar-refractivity contribution >= 4 is 16.9 Å². The van der Waals surface area contributed by atoms with Crippen LogP contribution in [0.4, 0.5) is 26.3 Å². The highest BCUT2D eigenvalue weighted by Crippen LogP contribution is 2.30.